The van der Waals surface area contributed by atoms with Gasteiger partial charge in [-0.05, 0) is 42.9 Å². The third-order valence-electron chi connectivity index (χ3n) is 5.99. The van der Waals surface area contributed by atoms with Crippen molar-refractivity contribution in [3.05, 3.63) is 86.8 Å². The summed E-state index contributed by atoms with van der Waals surface area (Å²) in [6.07, 6.45) is 2.63. The molecule has 0 fully saturated rings. The van der Waals surface area contributed by atoms with Gasteiger partial charge in [-0.3, -0.25) is 14.4 Å². The van der Waals surface area contributed by atoms with Gasteiger partial charge < -0.3 is 0 Å². The number of hydrogen-bond donors (Lipinski definition) is 0. The molecule has 5 rings (SSSR count). The van der Waals surface area contributed by atoms with Crippen molar-refractivity contribution < 1.29 is 14.4 Å². The van der Waals surface area contributed by atoms with E-state index in [1.54, 1.807) is 30.3 Å². The lowest BCUT2D eigenvalue weighted by Crippen LogP contribution is -2.29. The third-order valence-corrected chi connectivity index (χ3v) is 7.23. The summed E-state index contributed by atoms with van der Waals surface area (Å²) < 4.78 is 0. The van der Waals surface area contributed by atoms with Crippen LogP contribution in [0.5, 0.6) is 0 Å². The van der Waals surface area contributed by atoms with Crippen LogP contribution in [0.25, 0.3) is 0 Å². The zero-order valence-corrected chi connectivity index (χ0v) is 17.7. The molecule has 3 aromatic rings. The molecule has 1 atom stereocenters. The first kappa shape index (κ1) is 19.4. The molecule has 1 aromatic heterocycles. The molecule has 1 aliphatic carbocycles. The van der Waals surface area contributed by atoms with E-state index in [0.29, 0.717) is 27.6 Å². The molecule has 152 valence electrons. The van der Waals surface area contributed by atoms with Crippen LogP contribution in [0.3, 0.4) is 0 Å². The number of nitrogens with zero attached hydrogens (tertiary/aromatic N) is 2. The molecule has 1 aliphatic heterocycles. The molecule has 2 aromatic carbocycles. The summed E-state index contributed by atoms with van der Waals surface area (Å²) in [6, 6.07) is 15.6. The summed E-state index contributed by atoms with van der Waals surface area (Å²) in [5, 5.41) is 10.2. The van der Waals surface area contributed by atoms with Crippen LogP contribution in [0.15, 0.2) is 48.5 Å². The summed E-state index contributed by atoms with van der Waals surface area (Å²) >= 11 is 1.37. The summed E-state index contributed by atoms with van der Waals surface area (Å²) in [5.41, 5.74) is 2.74. The van der Waals surface area contributed by atoms with Crippen LogP contribution >= 0.6 is 11.3 Å². The quantitative estimate of drug-likeness (QED) is 0.446. The van der Waals surface area contributed by atoms with Crippen LogP contribution in [-0.2, 0) is 12.8 Å². The average Bonchev–Trinajstić information content (AvgIpc) is 3.26. The first-order valence-electron chi connectivity index (χ1n) is 10.2. The third kappa shape index (κ3) is 3.01. The minimum Gasteiger partial charge on any atom is -0.289 e. The van der Waals surface area contributed by atoms with Gasteiger partial charge in [0.1, 0.15) is 11.1 Å². The Morgan fingerprint density at radius 2 is 1.81 bits per heavy atom. The Morgan fingerprint density at radius 1 is 1.06 bits per heavy atom. The van der Waals surface area contributed by atoms with Gasteiger partial charge in [0.05, 0.1) is 16.7 Å². The fourth-order valence-corrected chi connectivity index (χ4v) is 5.79. The molecule has 0 saturated heterocycles. The first-order chi connectivity index (χ1) is 15.0. The van der Waals surface area contributed by atoms with Crippen molar-refractivity contribution in [1.29, 1.82) is 5.26 Å². The van der Waals surface area contributed by atoms with E-state index in [9.17, 15) is 19.6 Å². The van der Waals surface area contributed by atoms with Crippen LogP contribution in [-0.4, -0.2) is 17.6 Å². The topological polar surface area (TPSA) is 78.2 Å². The van der Waals surface area contributed by atoms with E-state index in [2.05, 4.69) is 13.0 Å². The van der Waals surface area contributed by atoms with Crippen molar-refractivity contribution in [1.82, 2.24) is 0 Å². The molecule has 5 nitrogen and oxygen atoms in total. The van der Waals surface area contributed by atoms with Crippen molar-refractivity contribution in [2.45, 2.75) is 26.2 Å². The molecular formula is C25H18N2O3S. The number of hydrogen-bond acceptors (Lipinski definition) is 5. The molecule has 6 heteroatoms. The maximum absolute atomic E-state index is 13.3. The lowest BCUT2D eigenvalue weighted by atomic mass is 9.88. The molecule has 0 spiro atoms. The Hall–Kier alpha value is -3.56. The molecule has 0 N–H and O–H groups in total. The normalized spacial score (nSPS) is 17.3. The highest BCUT2D eigenvalue weighted by atomic mass is 32.1. The second kappa shape index (κ2) is 7.29. The van der Waals surface area contributed by atoms with Crippen molar-refractivity contribution in [3.63, 3.8) is 0 Å². The van der Waals surface area contributed by atoms with Gasteiger partial charge in [0, 0.05) is 16.0 Å². The van der Waals surface area contributed by atoms with E-state index < -0.39 is 11.8 Å². The molecule has 2 amide bonds. The van der Waals surface area contributed by atoms with Crippen LogP contribution in [0.2, 0.25) is 0 Å². The van der Waals surface area contributed by atoms with Gasteiger partial charge in [0.2, 0.25) is 0 Å². The van der Waals surface area contributed by atoms with E-state index in [-0.39, 0.29) is 16.9 Å². The van der Waals surface area contributed by atoms with E-state index in [0.717, 1.165) is 34.6 Å². The van der Waals surface area contributed by atoms with Crippen molar-refractivity contribution >= 4 is 33.9 Å². The van der Waals surface area contributed by atoms with Crippen molar-refractivity contribution in [2.24, 2.45) is 5.92 Å². The number of amides is 2. The van der Waals surface area contributed by atoms with Gasteiger partial charge in [-0.2, -0.15) is 5.26 Å². The number of imide groups is 1. The number of anilines is 1. The number of fused-ring (bicyclic) bond motifs is 2. The molecule has 0 saturated carbocycles. The Balaban J connectivity index is 1.55. The molecule has 0 bridgehead atoms. The monoisotopic (exact) mass is 426 g/mol. The fourth-order valence-electron chi connectivity index (χ4n) is 4.33. The maximum atomic E-state index is 13.3. The Bertz CT molecular complexity index is 1300. The first-order valence-corrected chi connectivity index (χ1v) is 11.0. The zero-order chi connectivity index (χ0) is 21.7. The second-order valence-corrected chi connectivity index (χ2v) is 9.13. The predicted octanol–water partition coefficient (Wildman–Crippen LogP) is 4.78. The van der Waals surface area contributed by atoms with Crippen LogP contribution in [0.1, 0.15) is 66.0 Å². The highest BCUT2D eigenvalue weighted by molar-refractivity contribution is 7.17. The van der Waals surface area contributed by atoms with Crippen molar-refractivity contribution in [3.8, 4) is 6.07 Å². The van der Waals surface area contributed by atoms with E-state index >= 15 is 0 Å². The van der Waals surface area contributed by atoms with Gasteiger partial charge in [-0.25, -0.2) is 4.90 Å². The lowest BCUT2D eigenvalue weighted by molar-refractivity contribution is 0.0926. The van der Waals surface area contributed by atoms with Gasteiger partial charge in [0.25, 0.3) is 11.8 Å². The van der Waals surface area contributed by atoms with E-state index in [1.165, 1.54) is 23.5 Å². The molecular weight excluding hydrogens is 408 g/mol. The van der Waals surface area contributed by atoms with Crippen molar-refractivity contribution in [2.75, 3.05) is 4.90 Å². The van der Waals surface area contributed by atoms with E-state index in [4.69, 9.17) is 0 Å². The van der Waals surface area contributed by atoms with Gasteiger partial charge >= 0.3 is 0 Å². The SMILES string of the molecule is C[C@@H]1CCc2c(sc(N3C(=O)c4ccc(C(=O)c5ccccc5)cc4C3=O)c2C#N)C1. The smallest absolute Gasteiger partial charge is 0.266 e. The van der Waals surface area contributed by atoms with Gasteiger partial charge in [-0.1, -0.05) is 43.3 Å². The number of thiophene rings is 1. The van der Waals surface area contributed by atoms with Crippen LogP contribution in [0.4, 0.5) is 5.00 Å². The Kier molecular flexibility index (Phi) is 4.57. The maximum Gasteiger partial charge on any atom is 0.266 e. The fraction of sp³-hybridized carbons (Fsp3) is 0.200. The molecule has 0 radical (unpaired) electrons. The van der Waals surface area contributed by atoms with Gasteiger partial charge in [0.15, 0.2) is 5.78 Å². The predicted molar refractivity (Wildman–Crippen MR) is 118 cm³/mol. The highest BCUT2D eigenvalue weighted by Crippen LogP contribution is 2.43. The summed E-state index contributed by atoms with van der Waals surface area (Å²) in [5.74, 6) is -0.618. The van der Waals surface area contributed by atoms with Crippen LogP contribution in [0, 0.1) is 17.2 Å². The number of benzene rings is 2. The zero-order valence-electron chi connectivity index (χ0n) is 16.8. The summed E-state index contributed by atoms with van der Waals surface area (Å²) in [7, 11) is 0. The summed E-state index contributed by atoms with van der Waals surface area (Å²) in [6.45, 7) is 2.17. The van der Waals surface area contributed by atoms with E-state index in [1.807, 2.05) is 6.07 Å². The minimum atomic E-state index is -0.481. The number of carbonyl (C=O) groups is 3. The lowest BCUT2D eigenvalue weighted by Gasteiger charge is -2.17. The Labute approximate surface area is 183 Å². The molecule has 0 unspecified atom stereocenters. The number of ketones is 1. The largest absolute Gasteiger partial charge is 0.289 e. The average molecular weight is 426 g/mol. The molecule has 2 aliphatic rings. The van der Waals surface area contributed by atoms with Crippen LogP contribution < -0.4 is 4.90 Å². The molecule has 2 heterocycles. The number of rotatable bonds is 3. The van der Waals surface area contributed by atoms with Gasteiger partial charge in [-0.15, -0.1) is 11.3 Å². The number of nitriles is 1. The minimum absolute atomic E-state index is 0.204. The second-order valence-electron chi connectivity index (χ2n) is 8.04. The molecule has 31 heavy (non-hydrogen) atoms. The standard InChI is InChI=1S/C25H18N2O3S/c1-14-7-9-17-20(13-26)25(31-21(17)11-14)27-23(29)18-10-8-16(12-19(18)24(27)30)22(28)15-5-3-2-4-6-15/h2-6,8,10,12,14H,7,9,11H2,1H3/t14-/m1/s1. The number of carbonyl (C=O) groups excluding carboxylic acids is 3. The summed E-state index contributed by atoms with van der Waals surface area (Å²) in [4.78, 5) is 41.4. The highest BCUT2D eigenvalue weighted by Gasteiger charge is 2.40. The Morgan fingerprint density at radius 3 is 2.55 bits per heavy atom.